The van der Waals surface area contributed by atoms with E-state index in [-0.39, 0.29) is 31.1 Å². The summed E-state index contributed by atoms with van der Waals surface area (Å²) in [4.78, 5) is 24.7. The van der Waals surface area contributed by atoms with E-state index in [9.17, 15) is 9.59 Å². The second kappa shape index (κ2) is 5.56. The molecule has 0 bridgehead atoms. The molecule has 3 N–H and O–H groups in total. The number of aliphatic carboxylic acids is 1. The number of hydrogen-bond acceptors (Lipinski definition) is 3. The van der Waals surface area contributed by atoms with Gasteiger partial charge >= 0.3 is 12.0 Å². The second-order valence-electron chi connectivity index (χ2n) is 5.10. The Morgan fingerprint density at radius 3 is 2.33 bits per heavy atom. The van der Waals surface area contributed by atoms with Crippen molar-refractivity contribution in [3.63, 3.8) is 0 Å². The summed E-state index contributed by atoms with van der Waals surface area (Å²) in [6.07, 6.45) is 4.69. The van der Waals surface area contributed by atoms with Crippen LogP contribution in [0.4, 0.5) is 4.79 Å². The molecule has 0 spiro atoms. The molecule has 0 aromatic rings. The molecule has 0 aliphatic heterocycles. The van der Waals surface area contributed by atoms with Crippen LogP contribution in [0.2, 0.25) is 0 Å². The molecule has 0 aromatic carbocycles. The fourth-order valence-electron chi connectivity index (χ4n) is 2.28. The van der Waals surface area contributed by atoms with E-state index in [1.165, 1.54) is 0 Å². The lowest BCUT2D eigenvalue weighted by molar-refractivity contribution is -0.139. The van der Waals surface area contributed by atoms with E-state index < -0.39 is 12.0 Å². The van der Waals surface area contributed by atoms with Crippen LogP contribution in [0, 0.1) is 5.92 Å². The first-order chi connectivity index (χ1) is 8.63. The number of amides is 2. The number of carbonyl (C=O) groups excluding carboxylic acids is 1. The van der Waals surface area contributed by atoms with E-state index in [1.54, 1.807) is 4.90 Å². The molecule has 2 aliphatic rings. The Labute approximate surface area is 106 Å². The van der Waals surface area contributed by atoms with Crippen LogP contribution in [-0.2, 0) is 4.79 Å². The van der Waals surface area contributed by atoms with Crippen LogP contribution in [-0.4, -0.2) is 52.3 Å². The molecule has 6 nitrogen and oxygen atoms in total. The minimum Gasteiger partial charge on any atom is -0.480 e. The summed E-state index contributed by atoms with van der Waals surface area (Å²) in [5.41, 5.74) is 0. The first kappa shape index (κ1) is 13.1. The van der Waals surface area contributed by atoms with E-state index in [0.29, 0.717) is 0 Å². The maximum Gasteiger partial charge on any atom is 0.326 e. The van der Waals surface area contributed by atoms with Gasteiger partial charge in [-0.25, -0.2) is 9.59 Å². The maximum absolute atomic E-state index is 12.1. The highest BCUT2D eigenvalue weighted by Gasteiger charge is 2.39. The molecular formula is C12H20N2O4. The van der Waals surface area contributed by atoms with Crippen molar-refractivity contribution in [2.75, 3.05) is 13.2 Å². The van der Waals surface area contributed by atoms with Gasteiger partial charge in [-0.15, -0.1) is 0 Å². The molecular weight excluding hydrogens is 236 g/mol. The van der Waals surface area contributed by atoms with Gasteiger partial charge in [-0.3, -0.25) is 0 Å². The average Bonchev–Trinajstić information content (AvgIpc) is 3.05. The van der Waals surface area contributed by atoms with E-state index >= 15 is 0 Å². The second-order valence-corrected chi connectivity index (χ2v) is 5.10. The van der Waals surface area contributed by atoms with Gasteiger partial charge in [-0.2, -0.15) is 0 Å². The van der Waals surface area contributed by atoms with Gasteiger partial charge in [0.1, 0.15) is 6.04 Å². The van der Waals surface area contributed by atoms with E-state index in [4.69, 9.17) is 10.2 Å². The summed E-state index contributed by atoms with van der Waals surface area (Å²) in [7, 11) is 0. The normalized spacial score (nSPS) is 20.9. The zero-order valence-electron chi connectivity index (χ0n) is 10.3. The summed E-state index contributed by atoms with van der Waals surface area (Å²) in [6.45, 7) is 0.179. The quantitative estimate of drug-likeness (QED) is 0.642. The number of aliphatic hydroxyl groups excluding tert-OH is 1. The maximum atomic E-state index is 12.1. The van der Waals surface area contributed by atoms with Crippen LogP contribution < -0.4 is 5.32 Å². The highest BCUT2D eigenvalue weighted by atomic mass is 16.4. The van der Waals surface area contributed by atoms with Gasteiger partial charge in [0.05, 0.1) is 6.61 Å². The lowest BCUT2D eigenvalue weighted by Gasteiger charge is -2.37. The Hall–Kier alpha value is -1.30. The van der Waals surface area contributed by atoms with Gasteiger partial charge < -0.3 is 20.4 Å². The molecule has 0 heterocycles. The SMILES string of the molecule is O=C(O)C(NC(=O)N(CCO)C1CCC1)C1CC1. The van der Waals surface area contributed by atoms with Crippen molar-refractivity contribution in [3.05, 3.63) is 0 Å². The standard InChI is InChI=1S/C12H20N2O4/c15-7-6-14(9-2-1-3-9)12(18)13-10(11(16)17)8-4-5-8/h8-10,15H,1-7H2,(H,13,18)(H,16,17). The minimum atomic E-state index is -0.969. The zero-order valence-corrected chi connectivity index (χ0v) is 10.3. The third-order valence-electron chi connectivity index (χ3n) is 3.76. The molecule has 1 unspecified atom stereocenters. The van der Waals surface area contributed by atoms with Crippen LogP contribution in [0.25, 0.3) is 0 Å². The predicted molar refractivity (Wildman–Crippen MR) is 64.1 cm³/mol. The lowest BCUT2D eigenvalue weighted by Crippen LogP contribution is -2.54. The molecule has 0 saturated heterocycles. The zero-order chi connectivity index (χ0) is 13.1. The Morgan fingerprint density at radius 1 is 1.28 bits per heavy atom. The van der Waals surface area contributed by atoms with E-state index in [2.05, 4.69) is 5.32 Å². The van der Waals surface area contributed by atoms with Crippen LogP contribution in [0.5, 0.6) is 0 Å². The molecule has 6 heteroatoms. The van der Waals surface area contributed by atoms with Crippen molar-refractivity contribution in [3.8, 4) is 0 Å². The fourth-order valence-corrected chi connectivity index (χ4v) is 2.28. The molecule has 18 heavy (non-hydrogen) atoms. The van der Waals surface area contributed by atoms with Crippen molar-refractivity contribution in [1.82, 2.24) is 10.2 Å². The van der Waals surface area contributed by atoms with Crippen molar-refractivity contribution < 1.29 is 19.8 Å². The number of carboxylic acids is 1. The molecule has 2 fully saturated rings. The number of aliphatic hydroxyl groups is 1. The molecule has 0 radical (unpaired) electrons. The van der Waals surface area contributed by atoms with Crippen molar-refractivity contribution in [1.29, 1.82) is 0 Å². The summed E-state index contributed by atoms with van der Waals surface area (Å²) in [5, 5.41) is 20.6. The first-order valence-corrected chi connectivity index (χ1v) is 6.54. The van der Waals surface area contributed by atoms with Crippen LogP contribution in [0.3, 0.4) is 0 Å². The summed E-state index contributed by atoms with van der Waals surface area (Å²) >= 11 is 0. The smallest absolute Gasteiger partial charge is 0.326 e. The highest BCUT2D eigenvalue weighted by molar-refractivity contribution is 5.83. The van der Waals surface area contributed by atoms with E-state index in [0.717, 1.165) is 32.1 Å². The van der Waals surface area contributed by atoms with Crippen molar-refractivity contribution >= 4 is 12.0 Å². The summed E-state index contributed by atoms with van der Waals surface area (Å²) in [5.74, 6) is -0.896. The van der Waals surface area contributed by atoms with Crippen LogP contribution in [0.15, 0.2) is 0 Å². The molecule has 2 rings (SSSR count). The Kier molecular flexibility index (Phi) is 4.06. The van der Waals surface area contributed by atoms with Crippen molar-refractivity contribution in [2.24, 2.45) is 5.92 Å². The molecule has 2 aliphatic carbocycles. The number of carbonyl (C=O) groups is 2. The number of carboxylic acid groups (broad SMARTS) is 1. The van der Waals surface area contributed by atoms with Gasteiger partial charge in [0.15, 0.2) is 0 Å². The van der Waals surface area contributed by atoms with Gasteiger partial charge in [0.2, 0.25) is 0 Å². The summed E-state index contributed by atoms with van der Waals surface area (Å²) < 4.78 is 0. The summed E-state index contributed by atoms with van der Waals surface area (Å²) in [6, 6.07) is -0.974. The molecule has 102 valence electrons. The van der Waals surface area contributed by atoms with Gasteiger partial charge in [-0.05, 0) is 38.0 Å². The third-order valence-corrected chi connectivity index (χ3v) is 3.76. The lowest BCUT2D eigenvalue weighted by atomic mass is 9.91. The van der Waals surface area contributed by atoms with Gasteiger partial charge in [-0.1, -0.05) is 0 Å². The number of rotatable bonds is 6. The highest BCUT2D eigenvalue weighted by Crippen LogP contribution is 2.33. The molecule has 1 atom stereocenters. The molecule has 2 amide bonds. The monoisotopic (exact) mass is 256 g/mol. The van der Waals surface area contributed by atoms with Crippen LogP contribution >= 0.6 is 0 Å². The molecule has 2 saturated carbocycles. The third kappa shape index (κ3) is 2.93. The number of nitrogens with zero attached hydrogens (tertiary/aromatic N) is 1. The Morgan fingerprint density at radius 2 is 1.94 bits per heavy atom. The van der Waals surface area contributed by atoms with Crippen LogP contribution in [0.1, 0.15) is 32.1 Å². The minimum absolute atomic E-state index is 0.0730. The predicted octanol–water partition coefficient (Wildman–Crippen LogP) is 0.406. The number of urea groups is 1. The number of hydrogen-bond donors (Lipinski definition) is 3. The topological polar surface area (TPSA) is 89.9 Å². The van der Waals surface area contributed by atoms with Gasteiger partial charge in [0.25, 0.3) is 0 Å². The van der Waals surface area contributed by atoms with E-state index in [1.807, 2.05) is 0 Å². The van der Waals surface area contributed by atoms with Crippen molar-refractivity contribution in [2.45, 2.75) is 44.2 Å². The fraction of sp³-hybridized carbons (Fsp3) is 0.833. The van der Waals surface area contributed by atoms with Gasteiger partial charge in [0, 0.05) is 12.6 Å². The largest absolute Gasteiger partial charge is 0.480 e. The first-order valence-electron chi connectivity index (χ1n) is 6.54. The molecule has 0 aromatic heterocycles. The Balaban J connectivity index is 1.92. The Bertz CT molecular complexity index is 326. The number of nitrogens with one attached hydrogen (secondary N) is 1. The average molecular weight is 256 g/mol.